The predicted molar refractivity (Wildman–Crippen MR) is 130 cm³/mol. The number of hydrogen-bond acceptors (Lipinski definition) is 6. The highest BCUT2D eigenvalue weighted by Gasteiger charge is 2.27. The Balaban J connectivity index is 2.82. The molecule has 0 saturated carbocycles. The van der Waals surface area contributed by atoms with Crippen LogP contribution in [-0.4, -0.2) is 47.0 Å². The van der Waals surface area contributed by atoms with Gasteiger partial charge in [-0.25, -0.2) is 4.79 Å². The number of primary amides is 1. The highest BCUT2D eigenvalue weighted by atomic mass is 127. The zero-order chi connectivity index (χ0) is 24.1. The van der Waals surface area contributed by atoms with E-state index in [-0.39, 0.29) is 30.3 Å². The molecule has 1 aromatic rings. The summed E-state index contributed by atoms with van der Waals surface area (Å²) >= 11 is 2.13. The summed E-state index contributed by atoms with van der Waals surface area (Å²) in [6, 6.07) is 4.98. The van der Waals surface area contributed by atoms with E-state index < -0.39 is 18.1 Å². The van der Waals surface area contributed by atoms with Gasteiger partial charge in [0.05, 0.1) is 6.04 Å². The van der Waals surface area contributed by atoms with E-state index in [2.05, 4.69) is 43.9 Å². The number of benzene rings is 1. The van der Waals surface area contributed by atoms with E-state index in [1.807, 2.05) is 13.8 Å². The third-order valence-corrected chi connectivity index (χ3v) is 4.95. The summed E-state index contributed by atoms with van der Waals surface area (Å²) in [4.78, 5) is 47.5. The number of esters is 1. The summed E-state index contributed by atoms with van der Waals surface area (Å²) in [6.45, 7) is 5.62. The highest BCUT2D eigenvalue weighted by molar-refractivity contribution is 14.1. The molecule has 1 aromatic carbocycles. The molecule has 0 unspecified atom stereocenters. The van der Waals surface area contributed by atoms with Crippen molar-refractivity contribution in [2.75, 3.05) is 16.4 Å². The second-order valence-corrected chi connectivity index (χ2v) is 8.28. The molecular weight excluding hydrogens is 529 g/mol. The molecule has 0 radical (unpaired) electrons. The van der Waals surface area contributed by atoms with Gasteiger partial charge in [-0.3, -0.25) is 19.7 Å². The molecule has 6 N–H and O–H groups in total. The van der Waals surface area contributed by atoms with Gasteiger partial charge in [0.25, 0.3) is 0 Å². The number of amides is 4. The van der Waals surface area contributed by atoms with E-state index in [0.29, 0.717) is 29.6 Å². The van der Waals surface area contributed by atoms with Gasteiger partial charge in [0.15, 0.2) is 0 Å². The Hall–Kier alpha value is -2.41. The Morgan fingerprint density at radius 2 is 1.75 bits per heavy atom. The third-order valence-electron chi connectivity index (χ3n) is 4.51. The Kier molecular flexibility index (Phi) is 12.6. The van der Waals surface area contributed by atoms with E-state index in [4.69, 9.17) is 10.5 Å². The summed E-state index contributed by atoms with van der Waals surface area (Å²) < 4.78 is 5.54. The molecule has 32 heavy (non-hydrogen) atoms. The second kappa shape index (κ2) is 14.6. The van der Waals surface area contributed by atoms with Gasteiger partial charge < -0.3 is 26.4 Å². The van der Waals surface area contributed by atoms with Crippen LogP contribution in [0, 0.1) is 5.92 Å². The van der Waals surface area contributed by atoms with E-state index in [1.54, 1.807) is 24.3 Å². The summed E-state index contributed by atoms with van der Waals surface area (Å²) in [5.74, 6) is -0.975. The van der Waals surface area contributed by atoms with E-state index in [1.165, 1.54) is 6.92 Å². The molecule has 10 nitrogen and oxygen atoms in total. The fourth-order valence-electron chi connectivity index (χ4n) is 2.86. The number of anilines is 1. The van der Waals surface area contributed by atoms with Crippen molar-refractivity contribution in [2.24, 2.45) is 11.7 Å². The Bertz CT molecular complexity index is 772. The Morgan fingerprint density at radius 1 is 1.09 bits per heavy atom. The second-order valence-electron chi connectivity index (χ2n) is 7.52. The molecule has 178 valence electrons. The average molecular weight is 561 g/mol. The van der Waals surface area contributed by atoms with Gasteiger partial charge in [0, 0.05) is 23.7 Å². The van der Waals surface area contributed by atoms with Crippen molar-refractivity contribution < 1.29 is 23.9 Å². The molecule has 0 spiro atoms. The lowest BCUT2D eigenvalue weighted by Crippen LogP contribution is -2.53. The van der Waals surface area contributed by atoms with Crippen molar-refractivity contribution in [1.29, 1.82) is 0 Å². The van der Waals surface area contributed by atoms with E-state index in [9.17, 15) is 19.2 Å². The topological polar surface area (TPSA) is 152 Å². The van der Waals surface area contributed by atoms with Crippen molar-refractivity contribution in [3.05, 3.63) is 29.8 Å². The first-order valence-electron chi connectivity index (χ1n) is 10.3. The highest BCUT2D eigenvalue weighted by Crippen LogP contribution is 2.12. The van der Waals surface area contributed by atoms with Gasteiger partial charge in [0.2, 0.25) is 11.8 Å². The number of ether oxygens (including phenoxy) is 1. The zero-order valence-electron chi connectivity index (χ0n) is 18.6. The van der Waals surface area contributed by atoms with Crippen molar-refractivity contribution in [1.82, 2.24) is 16.0 Å². The number of halogens is 1. The monoisotopic (exact) mass is 561 g/mol. The lowest BCUT2D eigenvalue weighted by molar-refractivity contribution is -0.142. The van der Waals surface area contributed by atoms with Crippen LogP contribution in [0.1, 0.15) is 39.2 Å². The molecule has 1 rings (SSSR count). The minimum atomic E-state index is -0.796. The first-order valence-corrected chi connectivity index (χ1v) is 11.8. The SMILES string of the molecule is CC(=O)OCc1ccc(NC(=O)[C@H](CCCNC(N)=O)NC(=O)[C@@H](NCI)C(C)C)cc1. The van der Waals surface area contributed by atoms with Crippen LogP contribution in [0.15, 0.2) is 24.3 Å². The number of carbonyl (C=O) groups is 4. The van der Waals surface area contributed by atoms with Gasteiger partial charge in [0.1, 0.15) is 12.6 Å². The smallest absolute Gasteiger partial charge is 0.312 e. The molecule has 0 aromatic heterocycles. The average Bonchev–Trinajstić information content (AvgIpc) is 2.72. The van der Waals surface area contributed by atoms with Crippen LogP contribution in [0.2, 0.25) is 0 Å². The number of carbonyl (C=O) groups excluding carboxylic acids is 4. The van der Waals surface area contributed by atoms with E-state index >= 15 is 0 Å². The third kappa shape index (κ3) is 10.8. The first-order chi connectivity index (χ1) is 15.1. The molecule has 0 bridgehead atoms. The van der Waals surface area contributed by atoms with Crippen molar-refractivity contribution in [3.63, 3.8) is 0 Å². The molecule has 0 aliphatic rings. The molecule has 2 atom stereocenters. The van der Waals surface area contributed by atoms with Crippen LogP contribution in [0.4, 0.5) is 10.5 Å². The standard InChI is InChI=1S/C21H32IN5O5/c1-13(2)18(25-12-22)20(30)27-17(5-4-10-24-21(23)31)19(29)26-16-8-6-15(7-9-16)11-32-14(3)28/h6-9,13,17-18,25H,4-5,10-12H2,1-3H3,(H,26,29)(H,27,30)(H3,23,24,31)/t17-,18-/m0/s1. The van der Waals surface area contributed by atoms with Crippen LogP contribution in [0.25, 0.3) is 0 Å². The minimum absolute atomic E-state index is 0.0368. The minimum Gasteiger partial charge on any atom is -0.461 e. The Morgan fingerprint density at radius 3 is 2.28 bits per heavy atom. The normalized spacial score (nSPS) is 12.5. The van der Waals surface area contributed by atoms with Gasteiger partial charge in [-0.2, -0.15) is 0 Å². The van der Waals surface area contributed by atoms with Gasteiger partial charge in [-0.15, -0.1) is 0 Å². The number of alkyl halides is 1. The molecule has 11 heteroatoms. The number of rotatable bonds is 13. The summed E-state index contributed by atoms with van der Waals surface area (Å²) in [5.41, 5.74) is 6.40. The lowest BCUT2D eigenvalue weighted by Gasteiger charge is -2.25. The van der Waals surface area contributed by atoms with Crippen LogP contribution in [0.5, 0.6) is 0 Å². The van der Waals surface area contributed by atoms with Crippen LogP contribution in [0.3, 0.4) is 0 Å². The maximum atomic E-state index is 12.9. The lowest BCUT2D eigenvalue weighted by atomic mass is 10.0. The predicted octanol–water partition coefficient (Wildman–Crippen LogP) is 1.63. The summed E-state index contributed by atoms with van der Waals surface area (Å²) in [6.07, 6.45) is 0.770. The number of nitrogens with two attached hydrogens (primary N) is 1. The number of urea groups is 1. The zero-order valence-corrected chi connectivity index (χ0v) is 20.7. The van der Waals surface area contributed by atoms with Crippen LogP contribution >= 0.6 is 22.6 Å². The fraction of sp³-hybridized carbons (Fsp3) is 0.524. The Labute approximate surface area is 201 Å². The fourth-order valence-corrected chi connectivity index (χ4v) is 3.34. The first kappa shape index (κ1) is 27.6. The number of hydrogen-bond donors (Lipinski definition) is 5. The van der Waals surface area contributed by atoms with Crippen LogP contribution in [-0.2, 0) is 25.7 Å². The molecule has 0 aliphatic heterocycles. The molecule has 0 fully saturated rings. The van der Waals surface area contributed by atoms with Crippen molar-refractivity contribution in [3.8, 4) is 0 Å². The largest absolute Gasteiger partial charge is 0.461 e. The quantitative estimate of drug-likeness (QED) is 0.0812. The maximum Gasteiger partial charge on any atom is 0.312 e. The van der Waals surface area contributed by atoms with Crippen molar-refractivity contribution in [2.45, 2.75) is 52.3 Å². The van der Waals surface area contributed by atoms with Gasteiger partial charge in [-0.05, 0) is 36.5 Å². The molecule has 0 heterocycles. The van der Waals surface area contributed by atoms with E-state index in [0.717, 1.165) is 5.56 Å². The molecule has 0 saturated heterocycles. The summed E-state index contributed by atoms with van der Waals surface area (Å²) in [7, 11) is 0. The van der Waals surface area contributed by atoms with Gasteiger partial charge >= 0.3 is 12.0 Å². The molecular formula is C21H32IN5O5. The number of nitrogens with one attached hydrogen (secondary N) is 4. The molecule has 0 aliphatic carbocycles. The van der Waals surface area contributed by atoms with Crippen molar-refractivity contribution >= 4 is 52.1 Å². The molecule has 4 amide bonds. The summed E-state index contributed by atoms with van der Waals surface area (Å²) in [5, 5.41) is 11.2. The van der Waals surface area contributed by atoms with Crippen LogP contribution < -0.4 is 27.0 Å². The maximum absolute atomic E-state index is 12.9. The van der Waals surface area contributed by atoms with Gasteiger partial charge in [-0.1, -0.05) is 48.6 Å².